The third-order valence-corrected chi connectivity index (χ3v) is 6.24. The van der Waals surface area contributed by atoms with E-state index in [9.17, 15) is 13.2 Å². The maximum absolute atomic E-state index is 12.7. The van der Waals surface area contributed by atoms with Crippen LogP contribution in [0.3, 0.4) is 0 Å². The average Bonchev–Trinajstić information content (AvgIpc) is 3.16. The fraction of sp³-hybridized carbons (Fsp3) is 0.136. The molecule has 0 saturated heterocycles. The zero-order valence-electron chi connectivity index (χ0n) is 15.2. The van der Waals surface area contributed by atoms with Crippen LogP contribution in [-0.4, -0.2) is 20.9 Å². The number of nitrogens with zero attached hydrogens (tertiary/aromatic N) is 1. The highest BCUT2D eigenvalue weighted by atomic mass is 32.2. The number of hydrogen-bond donors (Lipinski definition) is 1. The van der Waals surface area contributed by atoms with Crippen LogP contribution in [0.5, 0.6) is 0 Å². The summed E-state index contributed by atoms with van der Waals surface area (Å²) in [6, 6.07) is 23.3. The van der Waals surface area contributed by atoms with Gasteiger partial charge in [-0.3, -0.25) is 4.79 Å². The fourth-order valence-electron chi connectivity index (χ4n) is 3.37. The largest absolute Gasteiger partial charge is 0.308 e. The van der Waals surface area contributed by atoms with Crippen LogP contribution >= 0.6 is 0 Å². The van der Waals surface area contributed by atoms with Gasteiger partial charge < -0.3 is 4.90 Å². The van der Waals surface area contributed by atoms with Crippen molar-refractivity contribution < 1.29 is 13.2 Å². The molecule has 3 aromatic carbocycles. The van der Waals surface area contributed by atoms with Gasteiger partial charge in [-0.2, -0.15) is 0 Å². The number of hydrogen-bond acceptors (Lipinski definition) is 3. The number of benzene rings is 3. The van der Waals surface area contributed by atoms with Crippen LogP contribution in [0, 0.1) is 0 Å². The van der Waals surface area contributed by atoms with Crippen molar-refractivity contribution in [2.24, 2.45) is 0 Å². The molecule has 1 heterocycles. The standard InChI is InChI=1S/C22H20N2O3S/c25-22(18-7-3-1-4-8-18)24-14-13-19-15-17(11-12-21(19)24)16-23-28(26,27)20-9-5-2-6-10-20/h1-12,15,23H,13-14,16H2. The van der Waals surface area contributed by atoms with Gasteiger partial charge in [-0.1, -0.05) is 48.5 Å². The molecule has 4 rings (SSSR count). The highest BCUT2D eigenvalue weighted by molar-refractivity contribution is 7.89. The van der Waals surface area contributed by atoms with Gasteiger partial charge in [-0.05, 0) is 47.9 Å². The lowest BCUT2D eigenvalue weighted by Crippen LogP contribution is -2.28. The molecule has 142 valence electrons. The number of fused-ring (bicyclic) bond motifs is 1. The summed E-state index contributed by atoms with van der Waals surface area (Å²) < 4.78 is 27.4. The summed E-state index contributed by atoms with van der Waals surface area (Å²) >= 11 is 0. The molecule has 0 radical (unpaired) electrons. The average molecular weight is 392 g/mol. The second-order valence-electron chi connectivity index (χ2n) is 6.67. The van der Waals surface area contributed by atoms with Gasteiger partial charge >= 0.3 is 0 Å². The highest BCUT2D eigenvalue weighted by Gasteiger charge is 2.25. The third-order valence-electron chi connectivity index (χ3n) is 4.83. The summed E-state index contributed by atoms with van der Waals surface area (Å²) in [5.41, 5.74) is 3.48. The number of amides is 1. The molecule has 28 heavy (non-hydrogen) atoms. The van der Waals surface area contributed by atoms with Gasteiger partial charge in [-0.15, -0.1) is 0 Å². The molecule has 0 bridgehead atoms. The molecule has 3 aromatic rings. The van der Waals surface area contributed by atoms with Gasteiger partial charge in [0.15, 0.2) is 0 Å². The summed E-state index contributed by atoms with van der Waals surface area (Å²) in [6.07, 6.45) is 0.757. The summed E-state index contributed by atoms with van der Waals surface area (Å²) in [4.78, 5) is 14.8. The Morgan fingerprint density at radius 2 is 1.61 bits per heavy atom. The molecule has 0 unspecified atom stereocenters. The topological polar surface area (TPSA) is 66.5 Å². The van der Waals surface area contributed by atoms with Crippen molar-refractivity contribution in [3.63, 3.8) is 0 Å². The lowest BCUT2D eigenvalue weighted by atomic mass is 10.1. The summed E-state index contributed by atoms with van der Waals surface area (Å²) in [6.45, 7) is 0.833. The molecule has 0 saturated carbocycles. The Hall–Kier alpha value is -2.96. The lowest BCUT2D eigenvalue weighted by molar-refractivity contribution is 0.0989. The van der Waals surface area contributed by atoms with Crippen LogP contribution in [0.1, 0.15) is 21.5 Å². The first-order chi connectivity index (χ1) is 13.5. The normalized spacial score (nSPS) is 13.4. The minimum Gasteiger partial charge on any atom is -0.308 e. The van der Waals surface area contributed by atoms with Gasteiger partial charge in [-0.25, -0.2) is 13.1 Å². The fourth-order valence-corrected chi connectivity index (χ4v) is 4.41. The van der Waals surface area contributed by atoms with Crippen molar-refractivity contribution in [3.05, 3.63) is 95.6 Å². The summed E-state index contributed by atoms with van der Waals surface area (Å²) in [5, 5.41) is 0. The molecule has 0 spiro atoms. The molecule has 6 heteroatoms. The van der Waals surface area contributed by atoms with Gasteiger partial charge in [0.25, 0.3) is 5.91 Å². The number of rotatable bonds is 5. The molecule has 1 aliphatic heterocycles. The predicted octanol–water partition coefficient (Wildman–Crippen LogP) is 3.37. The van der Waals surface area contributed by atoms with Gasteiger partial charge in [0.1, 0.15) is 0 Å². The molecule has 0 atom stereocenters. The van der Waals surface area contributed by atoms with Crippen molar-refractivity contribution in [1.29, 1.82) is 0 Å². The van der Waals surface area contributed by atoms with E-state index in [2.05, 4.69) is 4.72 Å². The maximum atomic E-state index is 12.7. The van der Waals surface area contributed by atoms with E-state index in [1.54, 1.807) is 35.2 Å². The molecule has 0 fully saturated rings. The first-order valence-corrected chi connectivity index (χ1v) is 10.6. The minimum atomic E-state index is -3.55. The smallest absolute Gasteiger partial charge is 0.258 e. The molecule has 0 aromatic heterocycles. The number of nitrogens with one attached hydrogen (secondary N) is 1. The minimum absolute atomic E-state index is 0.0168. The monoisotopic (exact) mass is 392 g/mol. The quantitative estimate of drug-likeness (QED) is 0.724. The predicted molar refractivity (Wildman–Crippen MR) is 109 cm³/mol. The zero-order valence-corrected chi connectivity index (χ0v) is 16.0. The Bertz CT molecular complexity index is 1100. The second kappa shape index (κ2) is 7.58. The Morgan fingerprint density at radius 3 is 2.32 bits per heavy atom. The molecular formula is C22H20N2O3S. The van der Waals surface area contributed by atoms with Crippen LogP contribution in [-0.2, 0) is 23.0 Å². The van der Waals surface area contributed by atoms with E-state index >= 15 is 0 Å². The molecule has 1 aliphatic rings. The maximum Gasteiger partial charge on any atom is 0.258 e. The van der Waals surface area contributed by atoms with Crippen molar-refractivity contribution >= 4 is 21.6 Å². The first kappa shape index (κ1) is 18.4. The van der Waals surface area contributed by atoms with Crippen molar-refractivity contribution in [2.75, 3.05) is 11.4 Å². The third kappa shape index (κ3) is 3.69. The van der Waals surface area contributed by atoms with Gasteiger partial charge in [0, 0.05) is 24.3 Å². The molecule has 5 nitrogen and oxygen atoms in total. The first-order valence-electron chi connectivity index (χ1n) is 9.08. The number of anilines is 1. The van der Waals surface area contributed by atoms with Crippen LogP contribution in [0.2, 0.25) is 0 Å². The van der Waals surface area contributed by atoms with Gasteiger partial charge in [0.05, 0.1) is 4.90 Å². The molecule has 0 aliphatic carbocycles. The SMILES string of the molecule is O=C(c1ccccc1)N1CCc2cc(CNS(=O)(=O)c3ccccc3)ccc21. The summed E-state index contributed by atoms with van der Waals surface area (Å²) in [7, 11) is -3.55. The summed E-state index contributed by atoms with van der Waals surface area (Å²) in [5.74, 6) is -0.0168. The van der Waals surface area contributed by atoms with E-state index in [0.29, 0.717) is 12.1 Å². The Labute approximate surface area is 164 Å². The molecular weight excluding hydrogens is 372 g/mol. The van der Waals surface area contributed by atoms with Crippen molar-refractivity contribution in [3.8, 4) is 0 Å². The lowest BCUT2D eigenvalue weighted by Gasteiger charge is -2.17. The van der Waals surface area contributed by atoms with E-state index in [1.807, 2.05) is 48.5 Å². The van der Waals surface area contributed by atoms with E-state index in [-0.39, 0.29) is 17.3 Å². The van der Waals surface area contributed by atoms with E-state index in [0.717, 1.165) is 23.2 Å². The van der Waals surface area contributed by atoms with Crippen LogP contribution in [0.25, 0.3) is 0 Å². The Morgan fingerprint density at radius 1 is 0.929 bits per heavy atom. The number of sulfonamides is 1. The number of carbonyl (C=O) groups excluding carboxylic acids is 1. The molecule has 1 amide bonds. The number of carbonyl (C=O) groups is 1. The van der Waals surface area contributed by atoms with Crippen molar-refractivity contribution in [2.45, 2.75) is 17.9 Å². The Balaban J connectivity index is 1.49. The van der Waals surface area contributed by atoms with E-state index in [4.69, 9.17) is 0 Å². The van der Waals surface area contributed by atoms with Gasteiger partial charge in [0.2, 0.25) is 10.0 Å². The van der Waals surface area contributed by atoms with E-state index < -0.39 is 10.0 Å². The molecule has 1 N–H and O–H groups in total. The van der Waals surface area contributed by atoms with Crippen LogP contribution in [0.15, 0.2) is 83.8 Å². The second-order valence-corrected chi connectivity index (χ2v) is 8.44. The Kier molecular flexibility index (Phi) is 4.98. The van der Waals surface area contributed by atoms with Crippen molar-refractivity contribution in [1.82, 2.24) is 4.72 Å². The highest BCUT2D eigenvalue weighted by Crippen LogP contribution is 2.30. The van der Waals surface area contributed by atoms with E-state index in [1.165, 1.54) is 0 Å². The van der Waals surface area contributed by atoms with Crippen LogP contribution < -0.4 is 9.62 Å². The zero-order chi connectivity index (χ0) is 19.6. The van der Waals surface area contributed by atoms with Crippen LogP contribution in [0.4, 0.5) is 5.69 Å².